The molecule has 1 aliphatic heterocycles. The Labute approximate surface area is 118 Å². The Morgan fingerprint density at radius 2 is 2.15 bits per heavy atom. The smallest absolute Gasteiger partial charge is 0.125 e. The van der Waals surface area contributed by atoms with Gasteiger partial charge in [0, 0.05) is 24.1 Å². The molecule has 0 spiro atoms. The predicted octanol–water partition coefficient (Wildman–Crippen LogP) is 3.37. The minimum Gasteiger partial charge on any atom is -0.325 e. The molecule has 2 fully saturated rings. The lowest BCUT2D eigenvalue weighted by Crippen LogP contribution is -2.35. The molecule has 1 saturated carbocycles. The molecule has 1 saturated heterocycles. The van der Waals surface area contributed by atoms with Gasteiger partial charge in [-0.25, -0.2) is 9.37 Å². The number of imidazole rings is 1. The van der Waals surface area contributed by atoms with Crippen LogP contribution in [-0.2, 0) is 0 Å². The van der Waals surface area contributed by atoms with Crippen molar-refractivity contribution in [2.45, 2.75) is 50.6 Å². The fraction of sp³-hybridized carbons (Fsp3) is 0.562. The maximum Gasteiger partial charge on any atom is 0.125 e. The van der Waals surface area contributed by atoms with Gasteiger partial charge >= 0.3 is 0 Å². The van der Waals surface area contributed by atoms with Crippen LogP contribution in [0.5, 0.6) is 0 Å². The van der Waals surface area contributed by atoms with Crippen LogP contribution < -0.4 is 5.32 Å². The SMILES string of the molecule is CC1CC(c2nc3cc(F)ccc3n2C2CC2)CCN1. The Kier molecular flexibility index (Phi) is 2.81. The first-order valence-corrected chi connectivity index (χ1v) is 7.63. The van der Waals surface area contributed by atoms with Crippen LogP contribution in [0, 0.1) is 5.82 Å². The summed E-state index contributed by atoms with van der Waals surface area (Å²) in [6, 6.07) is 6.15. The van der Waals surface area contributed by atoms with Crippen molar-refractivity contribution in [2.24, 2.45) is 0 Å². The number of rotatable bonds is 2. The third-order valence-electron chi connectivity index (χ3n) is 4.58. The average Bonchev–Trinajstić information content (AvgIpc) is 3.19. The number of benzene rings is 1. The second-order valence-corrected chi connectivity index (χ2v) is 6.28. The first-order chi connectivity index (χ1) is 9.72. The third-order valence-corrected chi connectivity index (χ3v) is 4.58. The fourth-order valence-corrected chi connectivity index (χ4v) is 3.46. The van der Waals surface area contributed by atoms with E-state index in [4.69, 9.17) is 4.98 Å². The Hall–Kier alpha value is -1.42. The molecule has 2 heterocycles. The van der Waals surface area contributed by atoms with Crippen molar-refractivity contribution in [3.05, 3.63) is 29.8 Å². The molecule has 1 aromatic carbocycles. The number of fused-ring (bicyclic) bond motifs is 1. The van der Waals surface area contributed by atoms with Gasteiger partial charge in [0.15, 0.2) is 0 Å². The van der Waals surface area contributed by atoms with Crippen LogP contribution in [0.15, 0.2) is 18.2 Å². The first kappa shape index (κ1) is 12.3. The summed E-state index contributed by atoms with van der Waals surface area (Å²) in [4.78, 5) is 4.79. The summed E-state index contributed by atoms with van der Waals surface area (Å²) in [6.45, 7) is 3.28. The van der Waals surface area contributed by atoms with E-state index in [0.29, 0.717) is 18.0 Å². The maximum atomic E-state index is 13.4. The Morgan fingerprint density at radius 1 is 1.30 bits per heavy atom. The maximum absolute atomic E-state index is 13.4. The van der Waals surface area contributed by atoms with E-state index in [1.165, 1.54) is 18.7 Å². The molecule has 106 valence electrons. The van der Waals surface area contributed by atoms with Gasteiger partial charge in [0.25, 0.3) is 0 Å². The van der Waals surface area contributed by atoms with Crippen LogP contribution in [0.2, 0.25) is 0 Å². The Balaban J connectivity index is 1.83. The van der Waals surface area contributed by atoms with Gasteiger partial charge in [0.05, 0.1) is 11.0 Å². The highest BCUT2D eigenvalue weighted by molar-refractivity contribution is 5.76. The van der Waals surface area contributed by atoms with Crippen molar-refractivity contribution in [3.63, 3.8) is 0 Å². The average molecular weight is 273 g/mol. The van der Waals surface area contributed by atoms with Gasteiger partial charge in [-0.15, -0.1) is 0 Å². The molecular weight excluding hydrogens is 253 g/mol. The predicted molar refractivity (Wildman–Crippen MR) is 77.4 cm³/mol. The van der Waals surface area contributed by atoms with E-state index in [2.05, 4.69) is 16.8 Å². The highest BCUT2D eigenvalue weighted by Crippen LogP contribution is 2.41. The van der Waals surface area contributed by atoms with E-state index < -0.39 is 0 Å². The normalized spacial score (nSPS) is 27.1. The van der Waals surface area contributed by atoms with Crippen LogP contribution in [0.25, 0.3) is 11.0 Å². The van der Waals surface area contributed by atoms with Gasteiger partial charge in [-0.3, -0.25) is 0 Å². The summed E-state index contributed by atoms with van der Waals surface area (Å²) in [5.74, 6) is 1.49. The number of aromatic nitrogens is 2. The largest absolute Gasteiger partial charge is 0.325 e. The van der Waals surface area contributed by atoms with Crippen LogP contribution in [0.1, 0.15) is 50.4 Å². The first-order valence-electron chi connectivity index (χ1n) is 7.63. The van der Waals surface area contributed by atoms with Gasteiger partial charge in [-0.05, 0) is 51.3 Å². The van der Waals surface area contributed by atoms with Crippen LogP contribution >= 0.6 is 0 Å². The summed E-state index contributed by atoms with van der Waals surface area (Å²) in [5, 5.41) is 3.49. The number of nitrogens with zero attached hydrogens (tertiary/aromatic N) is 2. The number of hydrogen-bond donors (Lipinski definition) is 1. The lowest BCUT2D eigenvalue weighted by Gasteiger charge is -2.28. The molecule has 1 aromatic heterocycles. The lowest BCUT2D eigenvalue weighted by atomic mass is 9.92. The van der Waals surface area contributed by atoms with Crippen molar-refractivity contribution in [1.82, 2.24) is 14.9 Å². The van der Waals surface area contributed by atoms with E-state index in [-0.39, 0.29) is 5.82 Å². The molecule has 0 radical (unpaired) electrons. The number of halogens is 1. The van der Waals surface area contributed by atoms with E-state index in [9.17, 15) is 4.39 Å². The molecule has 2 atom stereocenters. The third kappa shape index (κ3) is 2.03. The minimum absolute atomic E-state index is 0.192. The molecule has 2 unspecified atom stereocenters. The van der Waals surface area contributed by atoms with E-state index in [1.54, 1.807) is 12.1 Å². The molecule has 2 aliphatic rings. The highest BCUT2D eigenvalue weighted by atomic mass is 19.1. The molecule has 0 amide bonds. The van der Waals surface area contributed by atoms with Gasteiger partial charge in [0.1, 0.15) is 11.6 Å². The summed E-state index contributed by atoms with van der Waals surface area (Å²) in [6.07, 6.45) is 4.72. The zero-order chi connectivity index (χ0) is 13.7. The van der Waals surface area contributed by atoms with Gasteiger partial charge in [-0.2, -0.15) is 0 Å². The standard InChI is InChI=1S/C16H20FN3/c1-10-8-11(6-7-18-10)16-19-14-9-12(17)2-5-15(14)20(16)13-3-4-13/h2,5,9-11,13,18H,3-4,6-8H2,1H3. The molecule has 3 nitrogen and oxygen atoms in total. The van der Waals surface area contributed by atoms with E-state index in [0.717, 1.165) is 30.4 Å². The summed E-state index contributed by atoms with van der Waals surface area (Å²) < 4.78 is 15.8. The fourth-order valence-electron chi connectivity index (χ4n) is 3.46. The molecule has 20 heavy (non-hydrogen) atoms. The monoisotopic (exact) mass is 273 g/mol. The van der Waals surface area contributed by atoms with Crippen LogP contribution in [0.4, 0.5) is 4.39 Å². The van der Waals surface area contributed by atoms with Crippen LogP contribution in [-0.4, -0.2) is 22.1 Å². The zero-order valence-corrected chi connectivity index (χ0v) is 11.8. The highest BCUT2D eigenvalue weighted by Gasteiger charge is 2.32. The molecule has 0 bridgehead atoms. The molecule has 2 aromatic rings. The van der Waals surface area contributed by atoms with Crippen molar-refractivity contribution >= 4 is 11.0 Å². The Morgan fingerprint density at radius 3 is 2.90 bits per heavy atom. The molecule has 1 aliphatic carbocycles. The summed E-state index contributed by atoms with van der Waals surface area (Å²) in [5.41, 5.74) is 1.92. The van der Waals surface area contributed by atoms with Gasteiger partial charge in [0.2, 0.25) is 0 Å². The summed E-state index contributed by atoms with van der Waals surface area (Å²) >= 11 is 0. The van der Waals surface area contributed by atoms with E-state index >= 15 is 0 Å². The second-order valence-electron chi connectivity index (χ2n) is 6.28. The van der Waals surface area contributed by atoms with Crippen molar-refractivity contribution in [2.75, 3.05) is 6.54 Å². The van der Waals surface area contributed by atoms with Gasteiger partial charge < -0.3 is 9.88 Å². The molecular formula is C16H20FN3. The van der Waals surface area contributed by atoms with Crippen LogP contribution in [0.3, 0.4) is 0 Å². The van der Waals surface area contributed by atoms with Gasteiger partial charge in [-0.1, -0.05) is 0 Å². The molecule has 1 N–H and O–H groups in total. The second kappa shape index (κ2) is 4.55. The topological polar surface area (TPSA) is 29.9 Å². The van der Waals surface area contributed by atoms with E-state index in [1.807, 2.05) is 6.07 Å². The van der Waals surface area contributed by atoms with Crippen molar-refractivity contribution in [1.29, 1.82) is 0 Å². The Bertz CT molecular complexity index is 644. The zero-order valence-electron chi connectivity index (χ0n) is 11.8. The molecule has 4 heteroatoms. The number of hydrogen-bond acceptors (Lipinski definition) is 2. The minimum atomic E-state index is -0.192. The number of piperidine rings is 1. The lowest BCUT2D eigenvalue weighted by molar-refractivity contribution is 0.364. The quantitative estimate of drug-likeness (QED) is 0.909. The molecule has 4 rings (SSSR count). The summed E-state index contributed by atoms with van der Waals surface area (Å²) in [7, 11) is 0. The number of nitrogens with one attached hydrogen (secondary N) is 1. The van der Waals surface area contributed by atoms with Crippen molar-refractivity contribution < 1.29 is 4.39 Å². The van der Waals surface area contributed by atoms with Crippen molar-refractivity contribution in [3.8, 4) is 0 Å².